The van der Waals surface area contributed by atoms with E-state index in [1.54, 1.807) is 0 Å². The van der Waals surface area contributed by atoms with Crippen LogP contribution in [0.1, 0.15) is 47.9 Å². The Hall–Kier alpha value is -8.46. The average Bonchev–Trinajstić information content (AvgIpc) is 3.33. The molecule has 2 aliphatic rings. The number of phenolic OH excluding ortho intramolecular Hbond substituents is 8. The molecular weight excluding hydrogens is 985 g/mol. The molecule has 0 amide bonds. The molecule has 6 rings (SSSR count). The number of carbonyl (C=O) groups excluding carboxylic acids is 4. The lowest BCUT2D eigenvalue weighted by molar-refractivity contribution is -0.243. The zero-order valence-electron chi connectivity index (χ0n) is 38.0. The summed E-state index contributed by atoms with van der Waals surface area (Å²) in [4.78, 5) is 75.7. The minimum atomic E-state index is -3.34. The van der Waals surface area contributed by atoms with Crippen LogP contribution in [-0.4, -0.2) is 173 Å². The van der Waals surface area contributed by atoms with Crippen molar-refractivity contribution in [3.63, 3.8) is 0 Å². The van der Waals surface area contributed by atoms with E-state index >= 15 is 0 Å². The fourth-order valence-electron chi connectivity index (χ4n) is 8.15. The fourth-order valence-corrected chi connectivity index (χ4v) is 8.15. The first-order chi connectivity index (χ1) is 34.3. The van der Waals surface area contributed by atoms with Gasteiger partial charge >= 0.3 is 11.9 Å². The maximum absolute atomic E-state index is 13.1. The minimum Gasteiger partial charge on any atom is -0.504 e. The number of carboxylic acid groups (broad SMARTS) is 2. The molecule has 18 N–H and O–H groups in total. The summed E-state index contributed by atoms with van der Waals surface area (Å²) in [7, 11) is 0. The van der Waals surface area contributed by atoms with E-state index in [9.17, 15) is 121 Å². The Morgan fingerprint density at radius 2 is 0.608 bits per heavy atom. The van der Waals surface area contributed by atoms with Crippen molar-refractivity contribution in [1.29, 1.82) is 0 Å². The number of rotatable bonds is 14. The van der Waals surface area contributed by atoms with Crippen molar-refractivity contribution < 1.29 is 121 Å². The zero-order chi connectivity index (χ0) is 55.5. The predicted octanol–water partition coefficient (Wildman–Crippen LogP) is -0.387. The number of hydrogen-bond donors (Lipinski definition) is 18. The molecule has 0 spiro atoms. The topological polar surface area (TPSA) is 467 Å². The molecule has 392 valence electrons. The summed E-state index contributed by atoms with van der Waals surface area (Å²) < 4.78 is 0. The Morgan fingerprint density at radius 1 is 0.378 bits per heavy atom. The standard InChI is InChI=1S/2C25H24O12/c2*26-15-5-1-13(9-17(15)28)3-7-19(30)24(36)12-23(35,22(33)34)11-21(32)25(24,37)20(31)8-4-14-2-6-16(27)18(29)10-14/h2*1-10,21,26-29,32,35-37H,11-12H2,(H,33,34)/b2*7-3+,8-4+/t2*21-,23?,24+,25?/m11/s1. The van der Waals surface area contributed by atoms with Crippen molar-refractivity contribution in [2.24, 2.45) is 0 Å². The maximum atomic E-state index is 13.1. The molecule has 0 radical (unpaired) electrons. The van der Waals surface area contributed by atoms with Crippen LogP contribution in [0.2, 0.25) is 0 Å². The van der Waals surface area contributed by atoms with Gasteiger partial charge in [-0.3, -0.25) is 19.2 Å². The van der Waals surface area contributed by atoms with Gasteiger partial charge in [0.15, 0.2) is 103 Å². The summed E-state index contributed by atoms with van der Waals surface area (Å²) in [5.74, 6) is -13.6. The van der Waals surface area contributed by atoms with Crippen LogP contribution in [0.25, 0.3) is 24.3 Å². The van der Waals surface area contributed by atoms with E-state index in [2.05, 4.69) is 0 Å². The Morgan fingerprint density at radius 3 is 0.824 bits per heavy atom. The molecule has 0 aliphatic heterocycles. The molecule has 24 heteroatoms. The summed E-state index contributed by atoms with van der Waals surface area (Å²) >= 11 is 0. The van der Waals surface area contributed by atoms with Gasteiger partial charge in [0, 0.05) is 25.7 Å². The molecule has 8 atom stereocenters. The van der Waals surface area contributed by atoms with Gasteiger partial charge in [-0.1, -0.05) is 48.6 Å². The van der Waals surface area contributed by atoms with Gasteiger partial charge in [0.2, 0.25) is 0 Å². The van der Waals surface area contributed by atoms with E-state index in [-0.39, 0.29) is 22.3 Å². The fraction of sp³-hybridized carbons (Fsp3) is 0.240. The maximum Gasteiger partial charge on any atom is 0.335 e. The van der Waals surface area contributed by atoms with Gasteiger partial charge in [0.1, 0.15) is 0 Å². The highest BCUT2D eigenvalue weighted by molar-refractivity contribution is 6.12. The van der Waals surface area contributed by atoms with E-state index in [0.29, 0.717) is 24.3 Å². The van der Waals surface area contributed by atoms with Crippen molar-refractivity contribution in [2.45, 2.75) is 71.5 Å². The number of aliphatic carboxylic acids is 2. The Labute approximate surface area is 416 Å². The molecule has 0 bridgehead atoms. The van der Waals surface area contributed by atoms with Crippen molar-refractivity contribution in [1.82, 2.24) is 0 Å². The number of ketones is 4. The van der Waals surface area contributed by atoms with Crippen molar-refractivity contribution in [2.75, 3.05) is 0 Å². The Kier molecular flexibility index (Phi) is 16.0. The smallest absolute Gasteiger partial charge is 0.335 e. The van der Waals surface area contributed by atoms with Crippen molar-refractivity contribution >= 4 is 59.4 Å². The van der Waals surface area contributed by atoms with Gasteiger partial charge in [-0.05, 0) is 95.1 Å². The van der Waals surface area contributed by atoms with Gasteiger partial charge < -0.3 is 91.9 Å². The minimum absolute atomic E-state index is 0.124. The van der Waals surface area contributed by atoms with Crippen LogP contribution in [0.5, 0.6) is 46.0 Å². The van der Waals surface area contributed by atoms with Crippen LogP contribution in [0.3, 0.4) is 0 Å². The van der Waals surface area contributed by atoms with Gasteiger partial charge in [0.25, 0.3) is 0 Å². The summed E-state index contributed by atoms with van der Waals surface area (Å²) in [6, 6.07) is 13.6. The number of aromatic hydroxyl groups is 8. The predicted molar refractivity (Wildman–Crippen MR) is 251 cm³/mol. The first-order valence-corrected chi connectivity index (χ1v) is 21.4. The first kappa shape index (κ1) is 56.5. The lowest BCUT2D eigenvalue weighted by Crippen LogP contribution is -2.75. The van der Waals surface area contributed by atoms with Gasteiger partial charge in [-0.2, -0.15) is 0 Å². The molecule has 24 nitrogen and oxygen atoms in total. The second-order valence-corrected chi connectivity index (χ2v) is 17.5. The molecule has 4 unspecified atom stereocenters. The van der Waals surface area contributed by atoms with Crippen molar-refractivity contribution in [3.8, 4) is 46.0 Å². The lowest BCUT2D eigenvalue weighted by atomic mass is 9.60. The first-order valence-electron chi connectivity index (χ1n) is 21.4. The molecule has 0 aromatic heterocycles. The van der Waals surface area contributed by atoms with Gasteiger partial charge in [0.05, 0.1) is 12.2 Å². The third kappa shape index (κ3) is 10.8. The number of aliphatic hydroxyl groups excluding tert-OH is 2. The molecular formula is C50H48O24. The molecule has 74 heavy (non-hydrogen) atoms. The van der Waals surface area contributed by atoms with Crippen molar-refractivity contribution in [3.05, 3.63) is 119 Å². The Bertz CT molecular complexity index is 2830. The average molecular weight is 1030 g/mol. The number of aliphatic hydroxyl groups is 8. The second kappa shape index (κ2) is 20.9. The number of hydrogen-bond acceptors (Lipinski definition) is 22. The third-order valence-corrected chi connectivity index (χ3v) is 12.5. The van der Waals surface area contributed by atoms with E-state index in [4.69, 9.17) is 0 Å². The highest BCUT2D eigenvalue weighted by atomic mass is 16.4. The normalized spacial score (nSPS) is 27.9. The van der Waals surface area contributed by atoms with Crippen LogP contribution < -0.4 is 0 Å². The number of carboxylic acids is 2. The van der Waals surface area contributed by atoms with Gasteiger partial charge in [-0.15, -0.1) is 0 Å². The molecule has 4 aromatic carbocycles. The van der Waals surface area contributed by atoms with E-state index in [1.165, 1.54) is 24.3 Å². The summed E-state index contributed by atoms with van der Waals surface area (Å²) in [6.07, 6.45) is -3.08. The monoisotopic (exact) mass is 1030 g/mol. The SMILES string of the molecule is O=C(O)C1(O)C[C@@H](O)C(O)(C(=O)/C=C/c2ccc(O)c(O)c2)[C@@](O)(C(=O)/C=C/c2ccc(O)c(O)c2)C1.O=C(O)C1(O)C[C@@H](O)C(O)(C(=O)/C=C/c2ccc(O)c(O)c2)[C@@](O)(C(=O)/C=C/c2ccc(O)c(O)c2)C1. The largest absolute Gasteiger partial charge is 0.504 e. The molecule has 4 aromatic rings. The lowest BCUT2D eigenvalue weighted by Gasteiger charge is -2.50. The molecule has 0 heterocycles. The van der Waals surface area contributed by atoms with E-state index in [0.717, 1.165) is 72.8 Å². The quantitative estimate of drug-likeness (QED) is 0.0565. The van der Waals surface area contributed by atoms with Crippen LogP contribution in [0.15, 0.2) is 97.1 Å². The third-order valence-electron chi connectivity index (χ3n) is 12.5. The highest BCUT2D eigenvalue weighted by Crippen LogP contribution is 2.47. The summed E-state index contributed by atoms with van der Waals surface area (Å²) in [5.41, 5.74) is -18.6. The number of carbonyl (C=O) groups is 6. The zero-order valence-corrected chi connectivity index (χ0v) is 38.0. The molecule has 2 aliphatic carbocycles. The van der Waals surface area contributed by atoms with Gasteiger partial charge in [-0.25, -0.2) is 9.59 Å². The summed E-state index contributed by atoms with van der Waals surface area (Å²) in [5, 5.41) is 182. The Balaban J connectivity index is 0.000000274. The summed E-state index contributed by atoms with van der Waals surface area (Å²) in [6.45, 7) is 0. The van der Waals surface area contributed by atoms with Crippen LogP contribution in [0, 0.1) is 0 Å². The number of phenols is 8. The van der Waals surface area contributed by atoms with Crippen LogP contribution in [-0.2, 0) is 28.8 Å². The molecule has 0 saturated heterocycles. The second-order valence-electron chi connectivity index (χ2n) is 17.5. The van der Waals surface area contributed by atoms with E-state index < -0.39 is 153 Å². The molecule has 2 saturated carbocycles. The van der Waals surface area contributed by atoms with E-state index in [1.807, 2.05) is 0 Å². The molecule has 2 fully saturated rings. The van der Waals surface area contributed by atoms with Crippen LogP contribution >= 0.6 is 0 Å². The van der Waals surface area contributed by atoms with Crippen LogP contribution in [0.4, 0.5) is 0 Å². The highest BCUT2D eigenvalue weighted by Gasteiger charge is 2.71. The number of benzene rings is 4.